The van der Waals surface area contributed by atoms with Crippen LogP contribution in [0.5, 0.6) is 0 Å². The first-order valence-corrected chi connectivity index (χ1v) is 9.63. The summed E-state index contributed by atoms with van der Waals surface area (Å²) in [4.78, 5) is 24.8. The molecule has 150 valence electrons. The number of amides is 2. The number of hydrogen-bond acceptors (Lipinski definition) is 6. The van der Waals surface area contributed by atoms with Gasteiger partial charge in [0, 0.05) is 16.3 Å². The maximum absolute atomic E-state index is 12.1. The number of rotatable bonds is 4. The lowest BCUT2D eigenvalue weighted by molar-refractivity contribution is -0.116. The van der Waals surface area contributed by atoms with Gasteiger partial charge in [-0.1, -0.05) is 18.6 Å². The summed E-state index contributed by atoms with van der Waals surface area (Å²) in [7, 11) is 0. The summed E-state index contributed by atoms with van der Waals surface area (Å²) in [5, 5.41) is 6.76. The normalized spacial score (nSPS) is 13.1. The number of piperidine rings is 1. The predicted octanol–water partition coefficient (Wildman–Crippen LogP) is 2.27. The van der Waals surface area contributed by atoms with Gasteiger partial charge in [0.15, 0.2) is 0 Å². The first-order valence-electron chi connectivity index (χ1n) is 9.18. The third-order valence-electron chi connectivity index (χ3n) is 4.12. The van der Waals surface area contributed by atoms with Gasteiger partial charge in [-0.05, 0) is 62.3 Å². The highest BCUT2D eigenvalue weighted by Gasteiger charge is 2.17. The highest BCUT2D eigenvalue weighted by molar-refractivity contribution is 7.80. The van der Waals surface area contributed by atoms with Gasteiger partial charge in [-0.25, -0.2) is 5.84 Å². The number of hydrogen-bond donors (Lipinski definition) is 5. The van der Waals surface area contributed by atoms with Crippen molar-refractivity contribution in [2.24, 2.45) is 5.84 Å². The summed E-state index contributed by atoms with van der Waals surface area (Å²) in [6.07, 6.45) is 4.22. The van der Waals surface area contributed by atoms with E-state index in [0.29, 0.717) is 11.4 Å². The maximum Gasteiger partial charge on any atom is 0.270 e. The molecule has 1 fully saturated rings. The van der Waals surface area contributed by atoms with Crippen molar-refractivity contribution in [1.29, 1.82) is 0 Å². The molecule has 2 aromatic rings. The third kappa shape index (κ3) is 7.22. The van der Waals surface area contributed by atoms with Crippen LogP contribution in [-0.2, 0) is 4.79 Å². The fourth-order valence-corrected chi connectivity index (χ4v) is 2.77. The van der Waals surface area contributed by atoms with Crippen molar-refractivity contribution in [1.82, 2.24) is 10.3 Å². The minimum Gasteiger partial charge on any atom is -0.398 e. The van der Waals surface area contributed by atoms with E-state index in [1.165, 1.54) is 32.4 Å². The smallest absolute Gasteiger partial charge is 0.270 e. The van der Waals surface area contributed by atoms with Crippen molar-refractivity contribution in [3.8, 4) is 0 Å². The zero-order valence-corrected chi connectivity index (χ0v) is 16.6. The molecule has 0 saturated carbocycles. The number of carbonyl (C=O) groups excluding carboxylic acids is 2. The molecule has 0 atom stereocenters. The molecule has 0 radical (unpaired) electrons. The monoisotopic (exact) mass is 401 g/mol. The van der Waals surface area contributed by atoms with Crippen LogP contribution in [0.2, 0.25) is 0 Å². The first kappa shape index (κ1) is 21.7. The number of benzene rings is 2. The van der Waals surface area contributed by atoms with Crippen molar-refractivity contribution < 1.29 is 9.59 Å². The Balaban J connectivity index is 0.000000397. The minimum absolute atomic E-state index is 0.261. The Morgan fingerprint density at radius 2 is 1.68 bits per heavy atom. The molecule has 8 heteroatoms. The van der Waals surface area contributed by atoms with Crippen LogP contribution in [-0.4, -0.2) is 36.5 Å². The minimum atomic E-state index is -0.515. The van der Waals surface area contributed by atoms with Crippen LogP contribution >= 0.6 is 12.6 Å². The van der Waals surface area contributed by atoms with Crippen molar-refractivity contribution in [3.05, 3.63) is 54.1 Å². The number of anilines is 2. The molecule has 0 spiro atoms. The second kappa shape index (κ2) is 11.3. The number of nitrogen functional groups attached to an aromatic ring is 1. The molecule has 1 aliphatic heterocycles. The van der Waals surface area contributed by atoms with Crippen LogP contribution in [0.4, 0.5) is 11.4 Å². The van der Waals surface area contributed by atoms with Gasteiger partial charge in [-0.2, -0.15) is 0 Å². The standard InChI is InChI=1S/C15H16N4O2S.C5H11N/c16-13-4-2-1-3-12(13)15(21)19(17)9-14(20)18-10-5-7-11(22)8-6-10;1-2-4-6-5-3-1/h1-8,22H,9,16-17H2,(H,18,20);6H,1-5H2. The van der Waals surface area contributed by atoms with Gasteiger partial charge in [-0.15, -0.1) is 12.6 Å². The van der Waals surface area contributed by atoms with E-state index < -0.39 is 11.8 Å². The van der Waals surface area contributed by atoms with E-state index in [4.69, 9.17) is 11.6 Å². The Kier molecular flexibility index (Phi) is 8.80. The average Bonchev–Trinajstić information content (AvgIpc) is 2.71. The van der Waals surface area contributed by atoms with Crippen LogP contribution in [0.3, 0.4) is 0 Å². The molecule has 28 heavy (non-hydrogen) atoms. The summed E-state index contributed by atoms with van der Waals surface area (Å²) in [5.41, 5.74) is 6.89. The van der Waals surface area contributed by atoms with Gasteiger partial charge in [-0.3, -0.25) is 14.6 Å². The quantitative estimate of drug-likeness (QED) is 0.177. The van der Waals surface area contributed by atoms with Crippen molar-refractivity contribution in [3.63, 3.8) is 0 Å². The maximum atomic E-state index is 12.1. The third-order valence-corrected chi connectivity index (χ3v) is 4.42. The lowest BCUT2D eigenvalue weighted by Gasteiger charge is -2.17. The van der Waals surface area contributed by atoms with E-state index in [0.717, 1.165) is 9.90 Å². The van der Waals surface area contributed by atoms with E-state index in [2.05, 4.69) is 23.3 Å². The van der Waals surface area contributed by atoms with Crippen LogP contribution in [0.1, 0.15) is 29.6 Å². The second-order valence-electron chi connectivity index (χ2n) is 6.43. The molecule has 0 aliphatic carbocycles. The van der Waals surface area contributed by atoms with Crippen LogP contribution in [0.25, 0.3) is 0 Å². The molecule has 6 N–H and O–H groups in total. The van der Waals surface area contributed by atoms with Gasteiger partial charge in [0.05, 0.1) is 5.56 Å². The predicted molar refractivity (Wildman–Crippen MR) is 115 cm³/mol. The Morgan fingerprint density at radius 3 is 2.21 bits per heavy atom. The molecule has 1 aliphatic rings. The molecular weight excluding hydrogens is 374 g/mol. The zero-order valence-electron chi connectivity index (χ0n) is 15.7. The summed E-state index contributed by atoms with van der Waals surface area (Å²) in [6, 6.07) is 13.4. The van der Waals surface area contributed by atoms with Crippen molar-refractivity contribution >= 4 is 35.8 Å². The lowest BCUT2D eigenvalue weighted by atomic mass is 10.1. The Morgan fingerprint density at radius 1 is 1.04 bits per heavy atom. The van der Waals surface area contributed by atoms with Gasteiger partial charge in [0.25, 0.3) is 5.91 Å². The van der Waals surface area contributed by atoms with Crippen molar-refractivity contribution in [2.75, 3.05) is 30.7 Å². The Hall–Kier alpha value is -2.55. The largest absolute Gasteiger partial charge is 0.398 e. The molecule has 0 aromatic heterocycles. The fraction of sp³-hybridized carbons (Fsp3) is 0.300. The summed E-state index contributed by atoms with van der Waals surface area (Å²) in [6.45, 7) is 2.22. The number of hydrazine groups is 1. The molecule has 2 aromatic carbocycles. The number of nitrogens with two attached hydrogens (primary N) is 2. The summed E-state index contributed by atoms with van der Waals surface area (Å²) in [5.74, 6) is 4.73. The van der Waals surface area contributed by atoms with E-state index in [1.807, 2.05) is 0 Å². The SMILES string of the molecule is C1CCNCC1.Nc1ccccc1C(=O)N(N)CC(=O)Nc1ccc(S)cc1. The van der Waals surface area contributed by atoms with Gasteiger partial charge in [0.2, 0.25) is 5.91 Å². The average molecular weight is 402 g/mol. The number of carbonyl (C=O) groups is 2. The number of para-hydroxylation sites is 1. The summed E-state index contributed by atoms with van der Waals surface area (Å²) < 4.78 is 0. The highest BCUT2D eigenvalue weighted by Crippen LogP contribution is 2.13. The molecule has 2 amide bonds. The Labute approximate surface area is 170 Å². The number of nitrogens with one attached hydrogen (secondary N) is 2. The van der Waals surface area contributed by atoms with Gasteiger partial charge in [0.1, 0.15) is 6.54 Å². The zero-order chi connectivity index (χ0) is 20.4. The molecule has 1 saturated heterocycles. The lowest BCUT2D eigenvalue weighted by Crippen LogP contribution is -2.43. The van der Waals surface area contributed by atoms with Gasteiger partial charge >= 0.3 is 0 Å². The van der Waals surface area contributed by atoms with Crippen molar-refractivity contribution in [2.45, 2.75) is 24.2 Å². The molecule has 1 heterocycles. The number of thiol groups is 1. The second-order valence-corrected chi connectivity index (χ2v) is 6.94. The number of nitrogens with zero attached hydrogens (tertiary/aromatic N) is 1. The van der Waals surface area contributed by atoms with Crippen LogP contribution in [0, 0.1) is 0 Å². The summed E-state index contributed by atoms with van der Waals surface area (Å²) >= 11 is 4.16. The molecule has 0 unspecified atom stereocenters. The van der Waals surface area contributed by atoms with E-state index in [1.54, 1.807) is 48.5 Å². The van der Waals surface area contributed by atoms with E-state index in [9.17, 15) is 9.59 Å². The molecule has 7 nitrogen and oxygen atoms in total. The van der Waals surface area contributed by atoms with Gasteiger partial charge < -0.3 is 16.4 Å². The highest BCUT2D eigenvalue weighted by atomic mass is 32.1. The van der Waals surface area contributed by atoms with E-state index in [-0.39, 0.29) is 12.1 Å². The van der Waals surface area contributed by atoms with Crippen LogP contribution < -0.4 is 22.2 Å². The molecule has 0 bridgehead atoms. The molecule has 3 rings (SSSR count). The molecular formula is C20H27N5O2S. The first-order chi connectivity index (χ1) is 13.5. The fourth-order valence-electron chi connectivity index (χ4n) is 2.62. The Bertz CT molecular complexity index is 767. The topological polar surface area (TPSA) is 113 Å². The van der Waals surface area contributed by atoms with E-state index >= 15 is 0 Å². The van der Waals surface area contributed by atoms with Crippen LogP contribution in [0.15, 0.2) is 53.4 Å².